The lowest BCUT2D eigenvalue weighted by atomic mass is 10.5. The summed E-state index contributed by atoms with van der Waals surface area (Å²) in [5.74, 6) is 0. The van der Waals surface area contributed by atoms with Crippen molar-refractivity contribution in [2.24, 2.45) is 0 Å². The summed E-state index contributed by atoms with van der Waals surface area (Å²) in [6.07, 6.45) is 0.373. The van der Waals surface area contributed by atoms with Crippen molar-refractivity contribution in [1.82, 2.24) is 0 Å². The summed E-state index contributed by atoms with van der Waals surface area (Å²) in [6.45, 7) is 2.03. The van der Waals surface area contributed by atoms with Gasteiger partial charge in [-0.05, 0) is 6.55 Å². The van der Waals surface area contributed by atoms with Gasteiger partial charge in [0.25, 0.3) is 0 Å². The van der Waals surface area contributed by atoms with Crippen LogP contribution in [0.25, 0.3) is 0 Å². The maximum absolute atomic E-state index is 8.59. The van der Waals surface area contributed by atoms with Gasteiger partial charge in [-0.25, -0.2) is 0 Å². The van der Waals surface area contributed by atoms with Gasteiger partial charge in [0.2, 0.25) is 0 Å². The molecule has 0 aliphatic rings. The summed E-state index contributed by atoms with van der Waals surface area (Å²) in [5.41, 5.74) is 0. The molecule has 3 nitrogen and oxygen atoms in total. The fourth-order valence-electron chi connectivity index (χ4n) is 0.275. The van der Waals surface area contributed by atoms with Crippen molar-refractivity contribution in [3.05, 3.63) is 0 Å². The van der Waals surface area contributed by atoms with Gasteiger partial charge in [-0.3, -0.25) is 0 Å². The molecule has 0 spiro atoms. The Labute approximate surface area is 50.4 Å². The minimum atomic E-state index is -1.85. The minimum Gasteiger partial charge on any atom is -0.413 e. The predicted molar refractivity (Wildman–Crippen MR) is 31.4 cm³/mol. The van der Waals surface area contributed by atoms with Gasteiger partial charge in [0.1, 0.15) is 0 Å². The summed E-state index contributed by atoms with van der Waals surface area (Å²) in [5, 5.41) is 7.98. The largest absolute Gasteiger partial charge is 0.413 e. The number of rotatable bonds is 3. The molecule has 1 N–H and O–H groups in total. The zero-order valence-electron chi connectivity index (χ0n) is 4.79. The number of hydrogen-bond acceptors (Lipinski definition) is 3. The van der Waals surface area contributed by atoms with Crippen molar-refractivity contribution in [3.8, 4) is 6.07 Å². The van der Waals surface area contributed by atoms with Crippen molar-refractivity contribution in [3.63, 3.8) is 0 Å². The molecule has 0 fully saturated rings. The third-order valence-corrected chi connectivity index (χ3v) is 1.29. The summed E-state index contributed by atoms with van der Waals surface area (Å²) in [4.78, 5) is 8.59. The summed E-state index contributed by atoms with van der Waals surface area (Å²) < 4.78 is 4.75. The SMILES string of the molecule is C[SiH](O)OCCC#N. The van der Waals surface area contributed by atoms with Crippen LogP contribution in [0, 0.1) is 11.3 Å². The average molecular weight is 131 g/mol. The predicted octanol–water partition coefficient (Wildman–Crippen LogP) is -0.241. The van der Waals surface area contributed by atoms with Crippen LogP contribution in [0.2, 0.25) is 6.55 Å². The van der Waals surface area contributed by atoms with Crippen LogP contribution in [0.1, 0.15) is 6.42 Å². The smallest absolute Gasteiger partial charge is 0.315 e. The van der Waals surface area contributed by atoms with E-state index in [0.29, 0.717) is 13.0 Å². The summed E-state index contributed by atoms with van der Waals surface area (Å²) >= 11 is 0. The first kappa shape index (κ1) is 7.63. The topological polar surface area (TPSA) is 53.2 Å². The van der Waals surface area contributed by atoms with Crippen molar-refractivity contribution in [2.45, 2.75) is 13.0 Å². The molecule has 0 aliphatic heterocycles. The number of nitriles is 1. The Kier molecular flexibility index (Phi) is 4.55. The first-order chi connectivity index (χ1) is 3.77. The third-order valence-electron chi connectivity index (χ3n) is 0.573. The van der Waals surface area contributed by atoms with E-state index in [1.165, 1.54) is 0 Å². The van der Waals surface area contributed by atoms with Crippen LogP contribution in [-0.4, -0.2) is 20.7 Å². The van der Waals surface area contributed by atoms with Crippen LogP contribution >= 0.6 is 0 Å². The first-order valence-electron chi connectivity index (χ1n) is 2.44. The normalized spacial score (nSPS) is 12.6. The fourth-order valence-corrected chi connectivity index (χ4v) is 0.734. The second-order valence-corrected chi connectivity index (χ2v) is 2.91. The lowest BCUT2D eigenvalue weighted by molar-refractivity contribution is 0.271. The van der Waals surface area contributed by atoms with Gasteiger partial charge >= 0.3 is 9.28 Å². The van der Waals surface area contributed by atoms with E-state index in [1.807, 2.05) is 6.07 Å². The van der Waals surface area contributed by atoms with E-state index in [1.54, 1.807) is 6.55 Å². The van der Waals surface area contributed by atoms with Gasteiger partial charge in [-0.1, -0.05) is 0 Å². The highest BCUT2D eigenvalue weighted by Crippen LogP contribution is 1.81. The Bertz CT molecular complexity index is 88.5. The maximum Gasteiger partial charge on any atom is 0.315 e. The summed E-state index contributed by atoms with van der Waals surface area (Å²) in [7, 11) is -1.85. The fraction of sp³-hybridized carbons (Fsp3) is 0.750. The van der Waals surface area contributed by atoms with Gasteiger partial charge in [0, 0.05) is 6.61 Å². The van der Waals surface area contributed by atoms with Gasteiger partial charge < -0.3 is 9.22 Å². The molecule has 1 atom stereocenters. The van der Waals surface area contributed by atoms with E-state index in [2.05, 4.69) is 0 Å². The quantitative estimate of drug-likeness (QED) is 0.425. The molecule has 0 rings (SSSR count). The van der Waals surface area contributed by atoms with Crippen LogP contribution in [0.4, 0.5) is 0 Å². The Balaban J connectivity index is 2.85. The molecule has 0 saturated carbocycles. The first-order valence-corrected chi connectivity index (χ1v) is 4.58. The van der Waals surface area contributed by atoms with E-state index in [0.717, 1.165) is 0 Å². The molecule has 0 aromatic rings. The second kappa shape index (κ2) is 4.78. The minimum absolute atomic E-state index is 0.373. The second-order valence-electron chi connectivity index (χ2n) is 1.38. The van der Waals surface area contributed by atoms with E-state index in [9.17, 15) is 0 Å². The van der Waals surface area contributed by atoms with Crippen molar-refractivity contribution in [2.75, 3.05) is 6.61 Å². The van der Waals surface area contributed by atoms with Crippen LogP contribution in [0.3, 0.4) is 0 Å². The highest BCUT2D eigenvalue weighted by atomic mass is 28.3. The highest BCUT2D eigenvalue weighted by Gasteiger charge is 1.94. The number of nitrogens with zero attached hydrogens (tertiary/aromatic N) is 1. The molecular formula is C4H9NO2Si. The highest BCUT2D eigenvalue weighted by molar-refractivity contribution is 6.40. The van der Waals surface area contributed by atoms with E-state index < -0.39 is 9.28 Å². The third kappa shape index (κ3) is 5.63. The van der Waals surface area contributed by atoms with Gasteiger partial charge in [0.15, 0.2) is 0 Å². The van der Waals surface area contributed by atoms with Gasteiger partial charge in [0.05, 0.1) is 12.5 Å². The molecule has 0 heterocycles. The van der Waals surface area contributed by atoms with Crippen LogP contribution < -0.4 is 0 Å². The van der Waals surface area contributed by atoms with E-state index >= 15 is 0 Å². The molecule has 0 radical (unpaired) electrons. The monoisotopic (exact) mass is 131 g/mol. The standard InChI is InChI=1S/C4H9NO2Si/c1-8(6)7-4-2-3-5/h6,8H,2,4H2,1H3. The average Bonchev–Trinajstić information content (AvgIpc) is 1.66. The Hall–Kier alpha value is -0.373. The maximum atomic E-state index is 8.59. The molecule has 0 aromatic heterocycles. The molecule has 4 heteroatoms. The molecule has 0 aromatic carbocycles. The van der Waals surface area contributed by atoms with E-state index in [4.69, 9.17) is 14.5 Å². The van der Waals surface area contributed by atoms with Gasteiger partial charge in [-0.2, -0.15) is 5.26 Å². The molecule has 0 bridgehead atoms. The zero-order valence-corrected chi connectivity index (χ0v) is 5.95. The van der Waals surface area contributed by atoms with Crippen LogP contribution in [0.5, 0.6) is 0 Å². The van der Waals surface area contributed by atoms with Crippen molar-refractivity contribution >= 4 is 9.28 Å². The lowest BCUT2D eigenvalue weighted by Crippen LogP contribution is -2.12. The molecule has 0 aliphatic carbocycles. The molecule has 1 unspecified atom stereocenters. The number of hydrogen-bond donors (Lipinski definition) is 1. The molecular weight excluding hydrogens is 122 g/mol. The summed E-state index contributed by atoms with van der Waals surface area (Å²) in [6, 6.07) is 1.91. The zero-order chi connectivity index (χ0) is 6.41. The van der Waals surface area contributed by atoms with Gasteiger partial charge in [-0.15, -0.1) is 0 Å². The Morgan fingerprint density at radius 1 is 1.88 bits per heavy atom. The lowest BCUT2D eigenvalue weighted by Gasteiger charge is -1.99. The van der Waals surface area contributed by atoms with Crippen LogP contribution in [-0.2, 0) is 4.43 Å². The van der Waals surface area contributed by atoms with Crippen molar-refractivity contribution < 1.29 is 9.22 Å². The Morgan fingerprint density at radius 3 is 2.88 bits per heavy atom. The van der Waals surface area contributed by atoms with Crippen LogP contribution in [0.15, 0.2) is 0 Å². The molecule has 0 saturated heterocycles. The molecule has 46 valence electrons. The molecule has 8 heavy (non-hydrogen) atoms. The Morgan fingerprint density at radius 2 is 2.50 bits per heavy atom. The van der Waals surface area contributed by atoms with Crippen molar-refractivity contribution in [1.29, 1.82) is 5.26 Å². The molecule has 0 amide bonds. The van der Waals surface area contributed by atoms with E-state index in [-0.39, 0.29) is 0 Å².